The number of rotatable bonds is 6. The Balaban J connectivity index is 1.56. The third kappa shape index (κ3) is 3.88. The molecule has 0 unspecified atom stereocenters. The summed E-state index contributed by atoms with van der Waals surface area (Å²) < 4.78 is 6.27. The molecule has 4 rings (SSSR count). The quantitative estimate of drug-likeness (QED) is 0.862. The molecule has 2 aromatic carbocycles. The fourth-order valence-electron chi connectivity index (χ4n) is 4.06. The SMILES string of the molecule is c1ccc(COc2ccccc2[C@H](C2CCC2)N2CCNCC2)cc1. The van der Waals surface area contributed by atoms with Crippen molar-refractivity contribution in [3.05, 3.63) is 65.7 Å². The van der Waals surface area contributed by atoms with Crippen molar-refractivity contribution in [3.63, 3.8) is 0 Å². The predicted molar refractivity (Wildman–Crippen MR) is 102 cm³/mol. The lowest BCUT2D eigenvalue weighted by Gasteiger charge is -2.43. The Kier molecular flexibility index (Phi) is 5.34. The highest BCUT2D eigenvalue weighted by Crippen LogP contribution is 2.44. The zero-order valence-corrected chi connectivity index (χ0v) is 14.9. The maximum atomic E-state index is 6.27. The summed E-state index contributed by atoms with van der Waals surface area (Å²) in [4.78, 5) is 2.67. The first-order valence-corrected chi connectivity index (χ1v) is 9.62. The summed E-state index contributed by atoms with van der Waals surface area (Å²) in [5.74, 6) is 1.83. The van der Waals surface area contributed by atoms with E-state index in [1.165, 1.54) is 30.4 Å². The standard InChI is InChI=1S/C22H28N2O/c1-2-7-18(8-3-1)17-25-21-12-5-4-11-20(21)22(19-9-6-10-19)24-15-13-23-14-16-24/h1-5,7-8,11-12,19,22-23H,6,9-10,13-17H2/t22-/m0/s1. The Bertz CT molecular complexity index is 663. The zero-order valence-electron chi connectivity index (χ0n) is 14.9. The van der Waals surface area contributed by atoms with Crippen LogP contribution in [-0.2, 0) is 6.61 Å². The molecule has 2 aliphatic rings. The van der Waals surface area contributed by atoms with Gasteiger partial charge in [0.15, 0.2) is 0 Å². The molecule has 25 heavy (non-hydrogen) atoms. The van der Waals surface area contributed by atoms with Crippen molar-refractivity contribution < 1.29 is 4.74 Å². The third-order valence-electron chi connectivity index (χ3n) is 5.62. The summed E-state index contributed by atoms with van der Waals surface area (Å²) in [6, 6.07) is 19.6. The average molecular weight is 336 g/mol. The molecule has 0 bridgehead atoms. The van der Waals surface area contributed by atoms with E-state index in [-0.39, 0.29) is 0 Å². The molecule has 3 heteroatoms. The van der Waals surface area contributed by atoms with E-state index in [4.69, 9.17) is 4.74 Å². The highest BCUT2D eigenvalue weighted by Gasteiger charge is 2.35. The van der Waals surface area contributed by atoms with Crippen molar-refractivity contribution in [3.8, 4) is 5.75 Å². The van der Waals surface area contributed by atoms with E-state index in [1.807, 2.05) is 0 Å². The minimum absolute atomic E-state index is 0.503. The second kappa shape index (κ2) is 8.03. The van der Waals surface area contributed by atoms with E-state index in [0.717, 1.165) is 37.8 Å². The van der Waals surface area contributed by atoms with Gasteiger partial charge >= 0.3 is 0 Å². The number of para-hydroxylation sites is 1. The monoisotopic (exact) mass is 336 g/mol. The molecule has 2 fully saturated rings. The third-order valence-corrected chi connectivity index (χ3v) is 5.62. The number of hydrogen-bond acceptors (Lipinski definition) is 3. The number of nitrogens with zero attached hydrogens (tertiary/aromatic N) is 1. The molecule has 1 saturated heterocycles. The van der Waals surface area contributed by atoms with E-state index in [9.17, 15) is 0 Å². The molecule has 3 nitrogen and oxygen atoms in total. The smallest absolute Gasteiger partial charge is 0.124 e. The van der Waals surface area contributed by atoms with E-state index < -0.39 is 0 Å². The van der Waals surface area contributed by atoms with Crippen molar-refractivity contribution in [2.45, 2.75) is 31.9 Å². The van der Waals surface area contributed by atoms with Gasteiger partial charge in [0, 0.05) is 37.8 Å². The molecule has 2 aromatic rings. The van der Waals surface area contributed by atoms with Crippen LogP contribution in [0, 0.1) is 5.92 Å². The van der Waals surface area contributed by atoms with Crippen LogP contribution in [0.2, 0.25) is 0 Å². The van der Waals surface area contributed by atoms with Crippen LogP contribution in [0.15, 0.2) is 54.6 Å². The van der Waals surface area contributed by atoms with Crippen LogP contribution >= 0.6 is 0 Å². The molecular weight excluding hydrogens is 308 g/mol. The van der Waals surface area contributed by atoms with Crippen molar-refractivity contribution >= 4 is 0 Å². The summed E-state index contributed by atoms with van der Waals surface area (Å²) in [6.07, 6.45) is 4.07. The van der Waals surface area contributed by atoms with Crippen LogP contribution in [0.3, 0.4) is 0 Å². The van der Waals surface area contributed by atoms with Gasteiger partial charge < -0.3 is 10.1 Å². The van der Waals surface area contributed by atoms with Crippen LogP contribution in [0.25, 0.3) is 0 Å². The Morgan fingerprint density at radius 2 is 1.68 bits per heavy atom. The normalized spacial score (nSPS) is 20.0. The van der Waals surface area contributed by atoms with Crippen molar-refractivity contribution in [2.75, 3.05) is 26.2 Å². The minimum Gasteiger partial charge on any atom is -0.489 e. The first-order chi connectivity index (χ1) is 12.4. The molecule has 1 saturated carbocycles. The number of hydrogen-bond donors (Lipinski definition) is 1. The Hall–Kier alpha value is -1.84. The average Bonchev–Trinajstić information content (AvgIpc) is 2.65. The highest BCUT2D eigenvalue weighted by atomic mass is 16.5. The van der Waals surface area contributed by atoms with E-state index >= 15 is 0 Å². The molecule has 1 aliphatic carbocycles. The van der Waals surface area contributed by atoms with Crippen LogP contribution in [0.4, 0.5) is 0 Å². The van der Waals surface area contributed by atoms with Gasteiger partial charge in [0.05, 0.1) is 0 Å². The fraction of sp³-hybridized carbons (Fsp3) is 0.455. The number of ether oxygens (including phenoxy) is 1. The van der Waals surface area contributed by atoms with E-state index in [0.29, 0.717) is 12.6 Å². The first kappa shape index (κ1) is 16.6. The molecule has 1 aliphatic heterocycles. The van der Waals surface area contributed by atoms with Crippen LogP contribution in [0.1, 0.15) is 36.4 Å². The molecule has 0 spiro atoms. The summed E-state index contributed by atoms with van der Waals surface area (Å²) in [5, 5.41) is 3.48. The molecule has 1 heterocycles. The Morgan fingerprint density at radius 1 is 0.960 bits per heavy atom. The van der Waals surface area contributed by atoms with Gasteiger partial charge in [-0.3, -0.25) is 4.90 Å². The van der Waals surface area contributed by atoms with Gasteiger partial charge in [0.2, 0.25) is 0 Å². The lowest BCUT2D eigenvalue weighted by molar-refractivity contribution is 0.0810. The molecule has 1 atom stereocenters. The van der Waals surface area contributed by atoms with Crippen molar-refractivity contribution in [2.24, 2.45) is 5.92 Å². The Labute approximate surface area is 151 Å². The number of piperazine rings is 1. The number of benzene rings is 2. The Morgan fingerprint density at radius 3 is 2.40 bits per heavy atom. The van der Waals surface area contributed by atoms with Gasteiger partial charge in [-0.2, -0.15) is 0 Å². The van der Waals surface area contributed by atoms with Gasteiger partial charge in [-0.15, -0.1) is 0 Å². The van der Waals surface area contributed by atoms with E-state index in [1.54, 1.807) is 0 Å². The summed E-state index contributed by atoms with van der Waals surface area (Å²) in [6.45, 7) is 5.09. The van der Waals surface area contributed by atoms with E-state index in [2.05, 4.69) is 64.8 Å². The lowest BCUT2D eigenvalue weighted by atomic mass is 9.76. The zero-order chi connectivity index (χ0) is 16.9. The lowest BCUT2D eigenvalue weighted by Crippen LogP contribution is -2.47. The van der Waals surface area contributed by atoms with Crippen molar-refractivity contribution in [1.29, 1.82) is 0 Å². The van der Waals surface area contributed by atoms with Crippen LogP contribution in [0.5, 0.6) is 5.75 Å². The molecule has 0 radical (unpaired) electrons. The van der Waals surface area contributed by atoms with Gasteiger partial charge in [-0.1, -0.05) is 55.0 Å². The summed E-state index contributed by atoms with van der Waals surface area (Å²) in [5.41, 5.74) is 2.60. The molecule has 0 amide bonds. The van der Waals surface area contributed by atoms with Gasteiger partial charge in [0.1, 0.15) is 12.4 Å². The molecule has 132 valence electrons. The molecular formula is C22H28N2O. The van der Waals surface area contributed by atoms with Crippen molar-refractivity contribution in [1.82, 2.24) is 10.2 Å². The maximum Gasteiger partial charge on any atom is 0.124 e. The molecule has 0 aromatic heterocycles. The largest absolute Gasteiger partial charge is 0.489 e. The second-order valence-corrected chi connectivity index (χ2v) is 7.23. The highest BCUT2D eigenvalue weighted by molar-refractivity contribution is 5.37. The topological polar surface area (TPSA) is 24.5 Å². The summed E-state index contributed by atoms with van der Waals surface area (Å²) >= 11 is 0. The number of nitrogens with one attached hydrogen (secondary N) is 1. The van der Waals surface area contributed by atoms with Gasteiger partial charge in [-0.25, -0.2) is 0 Å². The fourth-order valence-corrected chi connectivity index (χ4v) is 4.06. The minimum atomic E-state index is 0.503. The summed E-state index contributed by atoms with van der Waals surface area (Å²) in [7, 11) is 0. The van der Waals surface area contributed by atoms with Gasteiger partial charge in [0.25, 0.3) is 0 Å². The van der Waals surface area contributed by atoms with Gasteiger partial charge in [-0.05, 0) is 30.4 Å². The first-order valence-electron chi connectivity index (χ1n) is 9.62. The van der Waals surface area contributed by atoms with Crippen LogP contribution in [-0.4, -0.2) is 31.1 Å². The molecule has 1 N–H and O–H groups in total. The van der Waals surface area contributed by atoms with Crippen LogP contribution < -0.4 is 10.1 Å². The maximum absolute atomic E-state index is 6.27. The predicted octanol–water partition coefficient (Wildman–Crippen LogP) is 4.01. The second-order valence-electron chi connectivity index (χ2n) is 7.23.